The Kier molecular flexibility index (Phi) is 6.27. The van der Waals surface area contributed by atoms with Gasteiger partial charge in [-0.15, -0.1) is 0 Å². The van der Waals surface area contributed by atoms with Gasteiger partial charge in [0.15, 0.2) is 16.6 Å². The number of carbonyl (C=O) groups is 2. The number of fused-ring (bicyclic) bond motifs is 1. The van der Waals surface area contributed by atoms with E-state index in [1.165, 1.54) is 29.2 Å². The lowest BCUT2D eigenvalue weighted by atomic mass is 10.1. The Bertz CT molecular complexity index is 1320. The predicted molar refractivity (Wildman–Crippen MR) is 133 cm³/mol. The number of nitrogens with zero attached hydrogens (tertiary/aromatic N) is 2. The molecule has 2 aliphatic rings. The molecular weight excluding hydrogens is 493 g/mol. The highest BCUT2D eigenvalue weighted by atomic mass is 35.5. The summed E-state index contributed by atoms with van der Waals surface area (Å²) in [6, 6.07) is 16.8. The Labute approximate surface area is 211 Å². The molecule has 10 heteroatoms. The van der Waals surface area contributed by atoms with E-state index in [4.69, 9.17) is 33.3 Å². The summed E-state index contributed by atoms with van der Waals surface area (Å²) >= 11 is 11.7. The molecule has 2 amide bonds. The second-order valence-electron chi connectivity index (χ2n) is 8.03. The van der Waals surface area contributed by atoms with Gasteiger partial charge in [-0.2, -0.15) is 0 Å². The Morgan fingerprint density at radius 3 is 2.63 bits per heavy atom. The zero-order chi connectivity index (χ0) is 24.5. The average Bonchev–Trinajstić information content (AvgIpc) is 3.38. The van der Waals surface area contributed by atoms with Gasteiger partial charge >= 0.3 is 0 Å². The monoisotopic (exact) mass is 511 g/mol. The molecule has 0 aliphatic carbocycles. The fourth-order valence-corrected chi connectivity index (χ4v) is 4.61. The van der Waals surface area contributed by atoms with Crippen LogP contribution in [0.4, 0.5) is 15.8 Å². The van der Waals surface area contributed by atoms with Crippen LogP contribution in [0.2, 0.25) is 5.02 Å². The number of ether oxygens (including phenoxy) is 2. The largest absolute Gasteiger partial charge is 0.454 e. The van der Waals surface area contributed by atoms with Gasteiger partial charge in [0.25, 0.3) is 5.91 Å². The summed E-state index contributed by atoms with van der Waals surface area (Å²) in [6.07, 6.45) is -0.145. The maximum atomic E-state index is 13.5. The van der Waals surface area contributed by atoms with Crippen molar-refractivity contribution in [2.45, 2.75) is 19.0 Å². The van der Waals surface area contributed by atoms with Crippen molar-refractivity contribution in [1.82, 2.24) is 4.90 Å². The van der Waals surface area contributed by atoms with Crippen molar-refractivity contribution >= 4 is 52.1 Å². The van der Waals surface area contributed by atoms with E-state index < -0.39 is 11.9 Å². The van der Waals surface area contributed by atoms with E-state index in [0.717, 1.165) is 5.56 Å². The third-order valence-corrected chi connectivity index (χ3v) is 6.33. The minimum atomic E-state index is -0.864. The van der Waals surface area contributed by atoms with Crippen molar-refractivity contribution in [3.63, 3.8) is 0 Å². The fraction of sp³-hybridized carbons (Fsp3) is 0.160. The quantitative estimate of drug-likeness (QED) is 0.482. The highest BCUT2D eigenvalue weighted by Crippen LogP contribution is 2.34. The third-order valence-electron chi connectivity index (χ3n) is 5.68. The van der Waals surface area contributed by atoms with Gasteiger partial charge < -0.3 is 19.7 Å². The van der Waals surface area contributed by atoms with Crippen molar-refractivity contribution in [2.24, 2.45) is 0 Å². The van der Waals surface area contributed by atoms with Crippen LogP contribution in [0, 0.1) is 5.82 Å². The summed E-state index contributed by atoms with van der Waals surface area (Å²) in [5.41, 5.74) is 1.77. The molecule has 7 nitrogen and oxygen atoms in total. The Morgan fingerprint density at radius 2 is 1.86 bits per heavy atom. The first kappa shape index (κ1) is 23.1. The fourth-order valence-electron chi connectivity index (χ4n) is 4.03. The van der Waals surface area contributed by atoms with E-state index in [1.807, 2.05) is 12.1 Å². The Morgan fingerprint density at radius 1 is 1.09 bits per heavy atom. The zero-order valence-corrected chi connectivity index (χ0v) is 19.8. The number of hydrogen-bond donors (Lipinski definition) is 1. The Hall–Kier alpha value is -3.69. The first-order chi connectivity index (χ1) is 16.9. The van der Waals surface area contributed by atoms with Gasteiger partial charge in [0.1, 0.15) is 11.9 Å². The van der Waals surface area contributed by atoms with Crippen molar-refractivity contribution in [2.75, 3.05) is 17.0 Å². The number of carbonyl (C=O) groups excluding carboxylic acids is 2. The standard InChI is InChI=1S/C25H19ClFN3O4S/c26-16-2-1-3-18(11-16)28-23(31)12-20-24(32)30(19-7-5-17(27)6-8-19)25(35)29(20)13-15-4-9-21-22(10-15)34-14-33-21/h1-11,20H,12-14H2,(H,28,31). The summed E-state index contributed by atoms with van der Waals surface area (Å²) in [6.45, 7) is 0.401. The number of rotatable bonds is 6. The van der Waals surface area contributed by atoms with Crippen LogP contribution >= 0.6 is 23.8 Å². The molecule has 1 atom stereocenters. The maximum absolute atomic E-state index is 13.5. The SMILES string of the molecule is O=C(CC1C(=O)N(c2ccc(F)cc2)C(=S)N1Cc1ccc2c(c1)OCO2)Nc1cccc(Cl)c1. The topological polar surface area (TPSA) is 71.1 Å². The molecule has 3 aromatic rings. The lowest BCUT2D eigenvalue weighted by molar-refractivity contribution is -0.124. The van der Waals surface area contributed by atoms with Gasteiger partial charge in [-0.3, -0.25) is 14.5 Å². The first-order valence-electron chi connectivity index (χ1n) is 10.7. The average molecular weight is 512 g/mol. The van der Waals surface area contributed by atoms with Gasteiger partial charge in [0, 0.05) is 17.3 Å². The molecule has 1 fully saturated rings. The van der Waals surface area contributed by atoms with Gasteiger partial charge in [-0.1, -0.05) is 23.7 Å². The van der Waals surface area contributed by atoms with Gasteiger partial charge in [0.05, 0.1) is 12.1 Å². The minimum Gasteiger partial charge on any atom is -0.454 e. The van der Waals surface area contributed by atoms with Crippen LogP contribution in [0.1, 0.15) is 12.0 Å². The molecule has 1 unspecified atom stereocenters. The molecule has 178 valence electrons. The number of anilines is 2. The smallest absolute Gasteiger partial charge is 0.256 e. The maximum Gasteiger partial charge on any atom is 0.256 e. The molecule has 0 radical (unpaired) electrons. The van der Waals surface area contributed by atoms with Gasteiger partial charge in [0.2, 0.25) is 12.7 Å². The number of benzene rings is 3. The minimum absolute atomic E-state index is 0.143. The molecule has 2 heterocycles. The third kappa shape index (κ3) is 4.78. The number of halogens is 2. The summed E-state index contributed by atoms with van der Waals surface area (Å²) < 4.78 is 24.3. The van der Waals surface area contributed by atoms with Gasteiger partial charge in [-0.05, 0) is 72.4 Å². The van der Waals surface area contributed by atoms with E-state index in [-0.39, 0.29) is 36.7 Å². The van der Waals surface area contributed by atoms with Crippen LogP contribution in [0.3, 0.4) is 0 Å². The molecule has 5 rings (SSSR count). The van der Waals surface area contributed by atoms with Crippen molar-refractivity contribution in [1.29, 1.82) is 0 Å². The Balaban J connectivity index is 1.42. The highest BCUT2D eigenvalue weighted by Gasteiger charge is 2.44. The molecule has 0 saturated carbocycles. The van der Waals surface area contributed by atoms with Crippen molar-refractivity contribution in [3.8, 4) is 11.5 Å². The van der Waals surface area contributed by atoms with Gasteiger partial charge in [-0.25, -0.2) is 4.39 Å². The second-order valence-corrected chi connectivity index (χ2v) is 8.83. The van der Waals surface area contributed by atoms with Crippen LogP contribution in [-0.2, 0) is 16.1 Å². The number of amides is 2. The molecule has 0 bridgehead atoms. The van der Waals surface area contributed by atoms with Crippen LogP contribution in [-0.4, -0.2) is 34.7 Å². The van der Waals surface area contributed by atoms with E-state index in [9.17, 15) is 14.0 Å². The first-order valence-corrected chi connectivity index (χ1v) is 11.5. The molecule has 35 heavy (non-hydrogen) atoms. The predicted octanol–water partition coefficient (Wildman–Crippen LogP) is 4.74. The van der Waals surface area contributed by atoms with E-state index in [0.29, 0.717) is 27.9 Å². The molecule has 0 spiro atoms. The molecular formula is C25H19ClFN3O4S. The molecule has 1 saturated heterocycles. The summed E-state index contributed by atoms with van der Waals surface area (Å²) in [5.74, 6) is 0.0680. The normalized spacial score (nSPS) is 16.7. The second kappa shape index (κ2) is 9.52. The van der Waals surface area contributed by atoms with Crippen LogP contribution < -0.4 is 19.7 Å². The lowest BCUT2D eigenvalue weighted by Crippen LogP contribution is -2.37. The lowest BCUT2D eigenvalue weighted by Gasteiger charge is -2.24. The van der Waals surface area contributed by atoms with E-state index in [1.54, 1.807) is 35.2 Å². The van der Waals surface area contributed by atoms with Crippen molar-refractivity contribution in [3.05, 3.63) is 83.1 Å². The van der Waals surface area contributed by atoms with Crippen LogP contribution in [0.25, 0.3) is 0 Å². The molecule has 2 aliphatic heterocycles. The summed E-state index contributed by atoms with van der Waals surface area (Å²) in [7, 11) is 0. The molecule has 0 aromatic heterocycles. The molecule has 3 aromatic carbocycles. The van der Waals surface area contributed by atoms with Crippen LogP contribution in [0.15, 0.2) is 66.7 Å². The summed E-state index contributed by atoms with van der Waals surface area (Å²) in [5, 5.41) is 3.48. The van der Waals surface area contributed by atoms with E-state index in [2.05, 4.69) is 5.32 Å². The zero-order valence-electron chi connectivity index (χ0n) is 18.2. The van der Waals surface area contributed by atoms with E-state index >= 15 is 0 Å². The summed E-state index contributed by atoms with van der Waals surface area (Å²) in [4.78, 5) is 29.4. The number of nitrogens with one attached hydrogen (secondary N) is 1. The number of thiocarbonyl (C=S) groups is 1. The number of hydrogen-bond acceptors (Lipinski definition) is 5. The van der Waals surface area contributed by atoms with Crippen molar-refractivity contribution < 1.29 is 23.5 Å². The van der Waals surface area contributed by atoms with Crippen LogP contribution in [0.5, 0.6) is 11.5 Å². The highest BCUT2D eigenvalue weighted by molar-refractivity contribution is 7.80. The molecule has 1 N–H and O–H groups in total.